The van der Waals surface area contributed by atoms with Gasteiger partial charge in [0.2, 0.25) is 0 Å². The van der Waals surface area contributed by atoms with Gasteiger partial charge < -0.3 is 86.8 Å². The number of carbonyl (C=O) groups is 1. The lowest BCUT2D eigenvalue weighted by Gasteiger charge is -2.52. The number of hydrogen-bond donors (Lipinski definition) is 12. The number of rotatable bonds is 9. The summed E-state index contributed by atoms with van der Waals surface area (Å²) in [7, 11) is 0. The van der Waals surface area contributed by atoms with Crippen LogP contribution >= 0.6 is 0 Å². The van der Waals surface area contributed by atoms with Crippen LogP contribution in [0.2, 0.25) is 0 Å². The molecule has 0 spiro atoms. The van der Waals surface area contributed by atoms with E-state index >= 15 is 0 Å². The number of ether oxygens (including phenoxy) is 5. The average molecular weight is 574 g/mol. The van der Waals surface area contributed by atoms with Gasteiger partial charge in [-0.1, -0.05) is 0 Å². The molecule has 0 bridgehead atoms. The molecule has 0 aromatic carbocycles. The second-order valence-corrected chi connectivity index (χ2v) is 9.98. The number of aliphatic hydroxyl groups excluding tert-OH is 8. The van der Waals surface area contributed by atoms with E-state index in [1.165, 1.54) is 0 Å². The Bertz CT molecular complexity index is 825. The van der Waals surface area contributed by atoms with Crippen LogP contribution in [0.3, 0.4) is 0 Å². The minimum absolute atomic E-state index is 0.697. The van der Waals surface area contributed by atoms with Crippen LogP contribution in [0.15, 0.2) is 0 Å². The van der Waals surface area contributed by atoms with Crippen molar-refractivity contribution in [2.24, 2.45) is 23.1 Å². The molecule has 0 saturated carbocycles. The fourth-order valence-corrected chi connectivity index (χ4v) is 4.94. The summed E-state index contributed by atoms with van der Waals surface area (Å²) in [6.07, 6.45) is -17.4. The molecular formula is C21H39N3O15. The summed E-state index contributed by atoms with van der Waals surface area (Å²) in [4.78, 5) is 11.6. The first-order valence-electron chi connectivity index (χ1n) is 12.3. The number of nitrogens with two attached hydrogens (primary N) is 3. The van der Waals surface area contributed by atoms with Crippen molar-refractivity contribution in [3.63, 3.8) is 0 Å². The Hall–Kier alpha value is -1.17. The number of carboxylic acids is 1. The van der Waals surface area contributed by atoms with Crippen LogP contribution < -0.4 is 17.2 Å². The predicted molar refractivity (Wildman–Crippen MR) is 123 cm³/mol. The van der Waals surface area contributed by atoms with Crippen LogP contribution in [-0.2, 0) is 28.5 Å². The minimum atomic E-state index is -2.26. The van der Waals surface area contributed by atoms with Crippen LogP contribution in [0.25, 0.3) is 0 Å². The first-order valence-corrected chi connectivity index (χ1v) is 12.3. The first kappa shape index (κ1) is 32.3. The minimum Gasteiger partial charge on any atom is -0.481 e. The maximum Gasteiger partial charge on any atom is 0.309 e. The van der Waals surface area contributed by atoms with E-state index in [2.05, 4.69) is 0 Å². The molecule has 16 atom stereocenters. The lowest BCUT2D eigenvalue weighted by Crippen LogP contribution is -2.73. The summed E-state index contributed by atoms with van der Waals surface area (Å²) in [6.45, 7) is -1.42. The third-order valence-corrected chi connectivity index (χ3v) is 7.62. The first-order chi connectivity index (χ1) is 18.2. The Morgan fingerprint density at radius 2 is 1.31 bits per heavy atom. The number of aliphatic hydroxyl groups is 8. The average Bonchev–Trinajstić information content (AvgIpc) is 2.92. The highest BCUT2D eigenvalue weighted by atomic mass is 16.7. The van der Waals surface area contributed by atoms with Gasteiger partial charge in [0.05, 0.1) is 43.9 Å². The lowest BCUT2D eigenvalue weighted by molar-refractivity contribution is -0.364. The van der Waals surface area contributed by atoms with Gasteiger partial charge in [-0.05, 0) is 6.92 Å². The van der Waals surface area contributed by atoms with E-state index in [9.17, 15) is 50.8 Å². The number of aliphatic carboxylic acids is 1. The Labute approximate surface area is 222 Å². The van der Waals surface area contributed by atoms with Crippen molar-refractivity contribution >= 4 is 5.97 Å². The summed E-state index contributed by atoms with van der Waals surface area (Å²) in [6, 6.07) is -4.27. The van der Waals surface area contributed by atoms with Crippen molar-refractivity contribution in [1.82, 2.24) is 0 Å². The molecule has 18 nitrogen and oxygen atoms in total. The van der Waals surface area contributed by atoms with Gasteiger partial charge in [-0.25, -0.2) is 0 Å². The second kappa shape index (κ2) is 12.8. The fraction of sp³-hybridized carbons (Fsp3) is 0.952. The highest BCUT2D eigenvalue weighted by Crippen LogP contribution is 2.37. The Morgan fingerprint density at radius 3 is 1.82 bits per heavy atom. The van der Waals surface area contributed by atoms with Crippen molar-refractivity contribution in [3.8, 4) is 0 Å². The van der Waals surface area contributed by atoms with Crippen molar-refractivity contribution in [3.05, 3.63) is 0 Å². The van der Waals surface area contributed by atoms with E-state index in [0.717, 1.165) is 6.92 Å². The predicted octanol–water partition coefficient (Wildman–Crippen LogP) is -7.58. The molecule has 3 rings (SSSR count). The monoisotopic (exact) mass is 573 g/mol. The molecule has 39 heavy (non-hydrogen) atoms. The van der Waals surface area contributed by atoms with E-state index in [0.29, 0.717) is 0 Å². The van der Waals surface area contributed by atoms with Crippen molar-refractivity contribution in [2.75, 3.05) is 19.8 Å². The number of carboxylic acid groups (broad SMARTS) is 1. The van der Waals surface area contributed by atoms with Crippen LogP contribution in [0.5, 0.6) is 0 Å². The Morgan fingerprint density at radius 1 is 0.821 bits per heavy atom. The maximum atomic E-state index is 11.6. The van der Waals surface area contributed by atoms with Crippen molar-refractivity contribution in [1.29, 1.82) is 0 Å². The van der Waals surface area contributed by atoms with E-state index < -0.39 is 123 Å². The molecular weight excluding hydrogens is 534 g/mol. The summed E-state index contributed by atoms with van der Waals surface area (Å²) in [5, 5.41) is 91.2. The van der Waals surface area contributed by atoms with Gasteiger partial charge in [0.25, 0.3) is 0 Å². The van der Waals surface area contributed by atoms with Gasteiger partial charge >= 0.3 is 5.97 Å². The third kappa shape index (κ3) is 5.93. The molecule has 15 N–H and O–H groups in total. The van der Waals surface area contributed by atoms with Gasteiger partial charge in [-0.2, -0.15) is 0 Å². The SMILES string of the molecule is CC(C(=O)O)[C@]1(CO)O[C@H](OC2[C@@H](CO)O[C@@H](OC3[C@@H](CO)O[C@@H](O)[C@H](N)[C@H]3O)[C@H](N)[C@H]2O)[C@H](N)[C@@H](O)[C@@H]1O. The highest BCUT2D eigenvalue weighted by molar-refractivity contribution is 5.71. The maximum absolute atomic E-state index is 11.6. The zero-order valence-electron chi connectivity index (χ0n) is 21.0. The van der Waals surface area contributed by atoms with E-state index in [1.54, 1.807) is 0 Å². The molecule has 3 unspecified atom stereocenters. The van der Waals surface area contributed by atoms with E-state index in [1.807, 2.05) is 0 Å². The highest BCUT2D eigenvalue weighted by Gasteiger charge is 2.59. The molecule has 18 heteroatoms. The lowest BCUT2D eigenvalue weighted by atomic mass is 9.78. The van der Waals surface area contributed by atoms with Gasteiger partial charge in [-0.3, -0.25) is 4.79 Å². The normalized spacial score (nSPS) is 49.9. The van der Waals surface area contributed by atoms with Gasteiger partial charge in [0, 0.05) is 0 Å². The number of hydrogen-bond acceptors (Lipinski definition) is 17. The van der Waals surface area contributed by atoms with Crippen LogP contribution in [0.1, 0.15) is 6.92 Å². The van der Waals surface area contributed by atoms with Gasteiger partial charge in [0.1, 0.15) is 54.4 Å². The van der Waals surface area contributed by atoms with Crippen molar-refractivity contribution in [2.45, 2.75) is 98.4 Å². The second-order valence-electron chi connectivity index (χ2n) is 9.98. The zero-order valence-corrected chi connectivity index (χ0v) is 21.0. The summed E-state index contributed by atoms with van der Waals surface area (Å²) >= 11 is 0. The summed E-state index contributed by atoms with van der Waals surface area (Å²) in [5.41, 5.74) is 15.5. The molecule has 3 fully saturated rings. The molecule has 3 aliphatic rings. The molecule has 228 valence electrons. The van der Waals surface area contributed by atoms with E-state index in [-0.39, 0.29) is 0 Å². The standard InChI is InChI=1S/C21H39N3O15/c1-5(17(32)33)21(4-27)16(31)13(30)10(24)20(39-21)38-15-7(3-26)36-19(9(23)12(15)29)37-14-6(2-25)35-18(34)8(22)11(14)28/h5-16,18-20,25-31,34H,2-4,22-24H2,1H3,(H,32,33)/t5?,6-,7-,8-,9-,10-,11-,12-,13-,14?,15?,16+,18-,19+,20+,21+/m1/s1. The summed E-state index contributed by atoms with van der Waals surface area (Å²) < 4.78 is 27.7. The molecule has 0 aromatic heterocycles. The van der Waals surface area contributed by atoms with Crippen LogP contribution in [0, 0.1) is 5.92 Å². The zero-order chi connectivity index (χ0) is 29.4. The molecule has 3 aliphatic heterocycles. The van der Waals surface area contributed by atoms with Crippen LogP contribution in [0.4, 0.5) is 0 Å². The quantitative estimate of drug-likeness (QED) is 0.122. The molecule has 0 aliphatic carbocycles. The third-order valence-electron chi connectivity index (χ3n) is 7.62. The van der Waals surface area contributed by atoms with E-state index in [4.69, 9.17) is 40.9 Å². The van der Waals surface area contributed by atoms with Gasteiger partial charge in [-0.15, -0.1) is 0 Å². The van der Waals surface area contributed by atoms with Crippen molar-refractivity contribution < 1.29 is 74.4 Å². The molecule has 0 aromatic rings. The molecule has 3 heterocycles. The Kier molecular flexibility index (Phi) is 10.6. The Balaban J connectivity index is 1.80. The van der Waals surface area contributed by atoms with Gasteiger partial charge in [0.15, 0.2) is 18.9 Å². The van der Waals surface area contributed by atoms with Crippen LogP contribution in [-0.4, -0.2) is 163 Å². The topological polar surface area (TPSA) is 323 Å². The molecule has 3 saturated heterocycles. The molecule has 0 radical (unpaired) electrons. The molecule has 0 amide bonds. The fourth-order valence-electron chi connectivity index (χ4n) is 4.94. The largest absolute Gasteiger partial charge is 0.481 e. The smallest absolute Gasteiger partial charge is 0.309 e. The summed E-state index contributed by atoms with van der Waals surface area (Å²) in [5.74, 6) is -3.02.